The summed E-state index contributed by atoms with van der Waals surface area (Å²) in [7, 11) is 0. The molecule has 0 saturated heterocycles. The fourth-order valence-corrected chi connectivity index (χ4v) is 5.01. The minimum Gasteiger partial charge on any atom is -0.309 e. The first-order chi connectivity index (χ1) is 8.74. The van der Waals surface area contributed by atoms with Crippen molar-refractivity contribution in [3.05, 3.63) is 33.8 Å². The van der Waals surface area contributed by atoms with E-state index in [0.29, 0.717) is 0 Å². The molecule has 2 heteroatoms. The number of rotatable bonds is 3. The lowest BCUT2D eigenvalue weighted by Gasteiger charge is -2.11. The molecule has 0 heterocycles. The van der Waals surface area contributed by atoms with E-state index < -0.39 is 0 Å². The molecule has 0 aliphatic heterocycles. The van der Waals surface area contributed by atoms with Gasteiger partial charge in [0.1, 0.15) is 0 Å². The molecule has 1 N–H and O–H groups in total. The predicted molar refractivity (Wildman–Crippen MR) is 77.3 cm³/mol. The lowest BCUT2D eigenvalue weighted by Crippen LogP contribution is -2.22. The smallest absolute Gasteiger partial charge is 0.0208 e. The summed E-state index contributed by atoms with van der Waals surface area (Å²) in [4.78, 5) is 0. The summed E-state index contributed by atoms with van der Waals surface area (Å²) in [5.74, 6) is 4.22. The van der Waals surface area contributed by atoms with E-state index in [2.05, 4.69) is 46.4 Å². The first-order valence-corrected chi connectivity index (χ1v) is 8.02. The Labute approximate surface area is 117 Å². The number of fused-ring (bicyclic) bond motifs is 5. The van der Waals surface area contributed by atoms with E-state index in [0.717, 1.165) is 36.3 Å². The Hall–Kier alpha value is -0.340. The third-order valence-corrected chi connectivity index (χ3v) is 6.37. The molecule has 1 nitrogen and oxygen atoms in total. The molecule has 0 amide bonds. The first kappa shape index (κ1) is 11.5. The Morgan fingerprint density at radius 1 is 1.22 bits per heavy atom. The van der Waals surface area contributed by atoms with Crippen molar-refractivity contribution in [2.75, 3.05) is 0 Å². The number of hydrogen-bond donors (Lipinski definition) is 1. The van der Waals surface area contributed by atoms with Gasteiger partial charge in [0, 0.05) is 17.1 Å². The number of benzene rings is 1. The summed E-state index contributed by atoms with van der Waals surface area (Å²) in [6, 6.07) is 7.56. The molecular weight excluding hydrogens is 286 g/mol. The maximum absolute atomic E-state index is 3.80. The van der Waals surface area contributed by atoms with Crippen LogP contribution >= 0.6 is 15.9 Å². The maximum atomic E-state index is 3.80. The number of aryl methyl sites for hydroxylation is 1. The predicted octanol–water partition coefficient (Wildman–Crippen LogP) is 3.89. The zero-order valence-corrected chi connectivity index (χ0v) is 12.4. The number of halogens is 1. The van der Waals surface area contributed by atoms with Crippen LogP contribution in [0.4, 0.5) is 0 Å². The van der Waals surface area contributed by atoms with Gasteiger partial charge in [0.15, 0.2) is 0 Å². The van der Waals surface area contributed by atoms with Gasteiger partial charge < -0.3 is 5.32 Å². The van der Waals surface area contributed by atoms with Crippen molar-refractivity contribution in [1.29, 1.82) is 0 Å². The average Bonchev–Trinajstić information content (AvgIpc) is 2.76. The minimum absolute atomic E-state index is 0.844. The molecule has 3 fully saturated rings. The van der Waals surface area contributed by atoms with Crippen LogP contribution < -0.4 is 5.32 Å². The van der Waals surface area contributed by atoms with Crippen LogP contribution in [0.3, 0.4) is 0 Å². The van der Waals surface area contributed by atoms with E-state index >= 15 is 0 Å². The number of nitrogens with one attached hydrogen (secondary N) is 1. The van der Waals surface area contributed by atoms with Gasteiger partial charge in [-0.2, -0.15) is 0 Å². The van der Waals surface area contributed by atoms with Crippen molar-refractivity contribution in [2.24, 2.45) is 23.7 Å². The van der Waals surface area contributed by atoms with E-state index in [4.69, 9.17) is 0 Å². The standard InChI is InChI=1S/C16H20BrN/c1-9-2-3-10(6-13(9)17)8-18-16-14-11-4-5-12(7-11)15(14)16/h2-3,6,11-12,14-16,18H,4-5,7-8H2,1H3. The molecule has 3 aliphatic rings. The summed E-state index contributed by atoms with van der Waals surface area (Å²) >= 11 is 3.62. The van der Waals surface area contributed by atoms with E-state index in [1.807, 2.05) is 0 Å². The second-order valence-electron chi connectivity index (χ2n) is 6.48. The molecule has 4 atom stereocenters. The highest BCUT2D eigenvalue weighted by Gasteiger charge is 2.64. The topological polar surface area (TPSA) is 12.0 Å². The SMILES string of the molecule is Cc1ccc(CNC2C3C4CCC(C4)C23)cc1Br. The van der Waals surface area contributed by atoms with Crippen LogP contribution in [0.5, 0.6) is 0 Å². The van der Waals surface area contributed by atoms with Crippen molar-refractivity contribution >= 4 is 15.9 Å². The molecule has 0 aromatic heterocycles. The molecule has 3 saturated carbocycles. The molecule has 0 spiro atoms. The van der Waals surface area contributed by atoms with Gasteiger partial charge in [-0.1, -0.05) is 28.1 Å². The minimum atomic E-state index is 0.844. The fourth-order valence-electron chi connectivity index (χ4n) is 4.58. The van der Waals surface area contributed by atoms with Gasteiger partial charge in [0.2, 0.25) is 0 Å². The molecule has 0 radical (unpaired) electrons. The van der Waals surface area contributed by atoms with Gasteiger partial charge in [-0.15, -0.1) is 0 Å². The highest BCUT2D eigenvalue weighted by molar-refractivity contribution is 9.10. The largest absolute Gasteiger partial charge is 0.309 e. The highest BCUT2D eigenvalue weighted by atomic mass is 79.9. The van der Waals surface area contributed by atoms with Crippen LogP contribution in [0, 0.1) is 30.6 Å². The van der Waals surface area contributed by atoms with Crippen molar-refractivity contribution < 1.29 is 0 Å². The quantitative estimate of drug-likeness (QED) is 0.893. The summed E-state index contributed by atoms with van der Waals surface area (Å²) in [6.07, 6.45) is 4.57. The molecule has 2 bridgehead atoms. The zero-order chi connectivity index (χ0) is 12.3. The van der Waals surface area contributed by atoms with E-state index in [1.54, 1.807) is 6.42 Å². The van der Waals surface area contributed by atoms with Crippen LogP contribution in [-0.4, -0.2) is 6.04 Å². The van der Waals surface area contributed by atoms with Gasteiger partial charge in [0.05, 0.1) is 0 Å². The normalized spacial score (nSPS) is 40.0. The van der Waals surface area contributed by atoms with Gasteiger partial charge in [-0.25, -0.2) is 0 Å². The number of hydrogen-bond acceptors (Lipinski definition) is 1. The molecule has 1 aromatic carbocycles. The van der Waals surface area contributed by atoms with Gasteiger partial charge in [0.25, 0.3) is 0 Å². The van der Waals surface area contributed by atoms with E-state index in [1.165, 1.54) is 28.4 Å². The average molecular weight is 306 g/mol. The van der Waals surface area contributed by atoms with Gasteiger partial charge in [-0.3, -0.25) is 0 Å². The molecule has 96 valence electrons. The maximum Gasteiger partial charge on any atom is 0.0208 e. The molecule has 4 unspecified atom stereocenters. The Morgan fingerprint density at radius 3 is 2.61 bits per heavy atom. The summed E-state index contributed by atoms with van der Waals surface area (Å²) in [5, 5.41) is 3.80. The van der Waals surface area contributed by atoms with Gasteiger partial charge >= 0.3 is 0 Å². The summed E-state index contributed by atoms with van der Waals surface area (Å²) < 4.78 is 1.23. The van der Waals surface area contributed by atoms with Crippen LogP contribution in [0.2, 0.25) is 0 Å². The van der Waals surface area contributed by atoms with E-state index in [-0.39, 0.29) is 0 Å². The third-order valence-electron chi connectivity index (χ3n) is 5.51. The summed E-state index contributed by atoms with van der Waals surface area (Å²) in [5.41, 5.74) is 2.73. The fraction of sp³-hybridized carbons (Fsp3) is 0.625. The first-order valence-electron chi connectivity index (χ1n) is 7.22. The van der Waals surface area contributed by atoms with Gasteiger partial charge in [-0.05, 0) is 67.1 Å². The molecule has 4 rings (SSSR count). The summed E-state index contributed by atoms with van der Waals surface area (Å²) in [6.45, 7) is 3.18. The van der Waals surface area contributed by atoms with Crippen LogP contribution in [-0.2, 0) is 6.54 Å². The molecule has 18 heavy (non-hydrogen) atoms. The Morgan fingerprint density at radius 2 is 1.94 bits per heavy atom. The Kier molecular flexibility index (Phi) is 2.60. The molecular formula is C16H20BrN. The Bertz CT molecular complexity index is 468. The third kappa shape index (κ3) is 1.69. The molecule has 3 aliphatic carbocycles. The second kappa shape index (κ2) is 4.08. The van der Waals surface area contributed by atoms with Crippen molar-refractivity contribution in [2.45, 2.75) is 38.8 Å². The Balaban J connectivity index is 1.39. The highest BCUT2D eigenvalue weighted by Crippen LogP contribution is 2.65. The van der Waals surface area contributed by atoms with Crippen LogP contribution in [0.25, 0.3) is 0 Å². The lowest BCUT2D eigenvalue weighted by molar-refractivity contribution is 0.456. The zero-order valence-electron chi connectivity index (χ0n) is 10.8. The monoisotopic (exact) mass is 305 g/mol. The van der Waals surface area contributed by atoms with Crippen LogP contribution in [0.15, 0.2) is 22.7 Å². The van der Waals surface area contributed by atoms with Crippen molar-refractivity contribution in [3.63, 3.8) is 0 Å². The van der Waals surface area contributed by atoms with Crippen molar-refractivity contribution in [3.8, 4) is 0 Å². The van der Waals surface area contributed by atoms with Crippen LogP contribution in [0.1, 0.15) is 30.4 Å². The lowest BCUT2D eigenvalue weighted by atomic mass is 10.0. The van der Waals surface area contributed by atoms with E-state index in [9.17, 15) is 0 Å². The van der Waals surface area contributed by atoms with Crippen molar-refractivity contribution in [1.82, 2.24) is 5.32 Å². The molecule has 1 aromatic rings. The second-order valence-corrected chi connectivity index (χ2v) is 7.33.